The summed E-state index contributed by atoms with van der Waals surface area (Å²) in [6.07, 6.45) is 2.92. The largest absolute Gasteiger partial charge is 0.497 e. The second-order valence-corrected chi connectivity index (χ2v) is 5.98. The molecule has 0 aliphatic heterocycles. The molecule has 29 heavy (non-hydrogen) atoms. The van der Waals surface area contributed by atoms with E-state index in [0.717, 1.165) is 11.3 Å². The second-order valence-electron chi connectivity index (χ2n) is 5.98. The van der Waals surface area contributed by atoms with E-state index in [2.05, 4.69) is 20.6 Å². The Morgan fingerprint density at radius 1 is 0.931 bits per heavy atom. The summed E-state index contributed by atoms with van der Waals surface area (Å²) in [4.78, 5) is 20.8. The predicted octanol–water partition coefficient (Wildman–Crippen LogP) is 3.18. The molecule has 8 heteroatoms. The zero-order valence-electron chi connectivity index (χ0n) is 16.4. The van der Waals surface area contributed by atoms with Crippen LogP contribution in [0.25, 0.3) is 0 Å². The van der Waals surface area contributed by atoms with Gasteiger partial charge < -0.3 is 24.8 Å². The molecule has 2 aromatic carbocycles. The number of ether oxygens (including phenoxy) is 3. The summed E-state index contributed by atoms with van der Waals surface area (Å²) in [7, 11) is 4.75. The third-order valence-corrected chi connectivity index (χ3v) is 4.20. The topological polar surface area (TPSA) is 94.6 Å². The maximum atomic E-state index is 12.4. The molecule has 0 spiro atoms. The van der Waals surface area contributed by atoms with Gasteiger partial charge in [0.25, 0.3) is 5.91 Å². The van der Waals surface area contributed by atoms with Gasteiger partial charge in [0.2, 0.25) is 5.95 Å². The molecule has 8 nitrogen and oxygen atoms in total. The van der Waals surface area contributed by atoms with Crippen LogP contribution < -0.4 is 24.8 Å². The molecule has 1 heterocycles. The Balaban J connectivity index is 1.66. The van der Waals surface area contributed by atoms with Crippen LogP contribution in [0.15, 0.2) is 54.9 Å². The summed E-state index contributed by atoms with van der Waals surface area (Å²) in [6.45, 7) is 0.337. The van der Waals surface area contributed by atoms with Crippen molar-refractivity contribution in [3.05, 3.63) is 66.0 Å². The van der Waals surface area contributed by atoms with Crippen LogP contribution in [-0.2, 0) is 6.54 Å². The quantitative estimate of drug-likeness (QED) is 0.606. The van der Waals surface area contributed by atoms with Crippen molar-refractivity contribution in [1.29, 1.82) is 0 Å². The Bertz CT molecular complexity index is 977. The summed E-state index contributed by atoms with van der Waals surface area (Å²) < 4.78 is 15.8. The SMILES string of the molecule is COc1ccc(OC)c(Nc2ncc(C(=O)NCc3ccccc3OC)cn2)c1. The number of rotatable bonds is 8. The maximum absolute atomic E-state index is 12.4. The van der Waals surface area contributed by atoms with Gasteiger partial charge in [-0.2, -0.15) is 0 Å². The zero-order chi connectivity index (χ0) is 20.6. The Morgan fingerprint density at radius 3 is 2.34 bits per heavy atom. The van der Waals surface area contributed by atoms with E-state index in [1.165, 1.54) is 12.4 Å². The number of carbonyl (C=O) groups excluding carboxylic acids is 1. The van der Waals surface area contributed by atoms with Crippen molar-refractivity contribution in [2.24, 2.45) is 0 Å². The Hall–Kier alpha value is -3.81. The van der Waals surface area contributed by atoms with Gasteiger partial charge in [0.15, 0.2) is 0 Å². The molecule has 0 saturated heterocycles. The van der Waals surface area contributed by atoms with Gasteiger partial charge in [-0.1, -0.05) is 18.2 Å². The van der Waals surface area contributed by atoms with Gasteiger partial charge in [-0.15, -0.1) is 0 Å². The number of nitrogens with one attached hydrogen (secondary N) is 2. The first-order chi connectivity index (χ1) is 14.1. The third-order valence-electron chi connectivity index (χ3n) is 4.20. The molecule has 2 N–H and O–H groups in total. The van der Waals surface area contributed by atoms with E-state index >= 15 is 0 Å². The van der Waals surface area contributed by atoms with Crippen molar-refractivity contribution in [3.63, 3.8) is 0 Å². The van der Waals surface area contributed by atoms with Gasteiger partial charge in [-0.25, -0.2) is 9.97 Å². The highest BCUT2D eigenvalue weighted by Crippen LogP contribution is 2.30. The average Bonchev–Trinajstić information content (AvgIpc) is 2.78. The lowest BCUT2D eigenvalue weighted by Crippen LogP contribution is -2.23. The number of hydrogen-bond donors (Lipinski definition) is 2. The van der Waals surface area contributed by atoms with Crippen LogP contribution in [0.5, 0.6) is 17.2 Å². The van der Waals surface area contributed by atoms with Crippen LogP contribution in [-0.4, -0.2) is 37.2 Å². The normalized spacial score (nSPS) is 10.2. The number of hydrogen-bond acceptors (Lipinski definition) is 7. The van der Waals surface area contributed by atoms with E-state index in [4.69, 9.17) is 14.2 Å². The fourth-order valence-corrected chi connectivity index (χ4v) is 2.67. The maximum Gasteiger partial charge on any atom is 0.254 e. The molecule has 0 unspecified atom stereocenters. The summed E-state index contributed by atoms with van der Waals surface area (Å²) in [5.41, 5.74) is 1.89. The molecule has 0 saturated carbocycles. The van der Waals surface area contributed by atoms with Crippen LogP contribution in [0.4, 0.5) is 11.6 Å². The zero-order valence-corrected chi connectivity index (χ0v) is 16.4. The highest BCUT2D eigenvalue weighted by molar-refractivity contribution is 5.93. The van der Waals surface area contributed by atoms with Crippen molar-refractivity contribution < 1.29 is 19.0 Å². The highest BCUT2D eigenvalue weighted by Gasteiger charge is 2.11. The molecule has 1 aromatic heterocycles. The second kappa shape index (κ2) is 9.41. The van der Waals surface area contributed by atoms with E-state index in [9.17, 15) is 4.79 Å². The first-order valence-electron chi connectivity index (χ1n) is 8.85. The summed E-state index contributed by atoms with van der Waals surface area (Å²) >= 11 is 0. The lowest BCUT2D eigenvalue weighted by Gasteiger charge is -2.12. The Kier molecular flexibility index (Phi) is 6.47. The van der Waals surface area contributed by atoms with Crippen LogP contribution in [0.1, 0.15) is 15.9 Å². The molecule has 0 radical (unpaired) electrons. The summed E-state index contributed by atoms with van der Waals surface area (Å²) in [5, 5.41) is 5.90. The Morgan fingerprint density at radius 2 is 1.66 bits per heavy atom. The predicted molar refractivity (Wildman–Crippen MR) is 109 cm³/mol. The fraction of sp³-hybridized carbons (Fsp3) is 0.190. The smallest absolute Gasteiger partial charge is 0.254 e. The van der Waals surface area contributed by atoms with E-state index in [1.807, 2.05) is 24.3 Å². The van der Waals surface area contributed by atoms with E-state index in [0.29, 0.717) is 35.2 Å². The number of methoxy groups -OCH3 is 3. The highest BCUT2D eigenvalue weighted by atomic mass is 16.5. The van der Waals surface area contributed by atoms with E-state index in [-0.39, 0.29) is 5.91 Å². The van der Waals surface area contributed by atoms with Crippen LogP contribution in [0.2, 0.25) is 0 Å². The molecule has 0 fully saturated rings. The van der Waals surface area contributed by atoms with Gasteiger partial charge in [0, 0.05) is 30.6 Å². The molecular formula is C21H22N4O4. The van der Waals surface area contributed by atoms with Gasteiger partial charge >= 0.3 is 0 Å². The molecule has 3 rings (SSSR count). The van der Waals surface area contributed by atoms with Crippen molar-refractivity contribution in [2.75, 3.05) is 26.6 Å². The number of carbonyl (C=O) groups is 1. The van der Waals surface area contributed by atoms with Gasteiger partial charge in [-0.3, -0.25) is 4.79 Å². The minimum absolute atomic E-state index is 0.276. The molecule has 0 aliphatic rings. The number of para-hydroxylation sites is 1. The van der Waals surface area contributed by atoms with Gasteiger partial charge in [-0.05, 0) is 18.2 Å². The van der Waals surface area contributed by atoms with E-state index < -0.39 is 0 Å². The van der Waals surface area contributed by atoms with Crippen LogP contribution in [0, 0.1) is 0 Å². The number of amides is 1. The monoisotopic (exact) mass is 394 g/mol. The minimum Gasteiger partial charge on any atom is -0.497 e. The molecule has 0 atom stereocenters. The van der Waals surface area contributed by atoms with Crippen LogP contribution in [0.3, 0.4) is 0 Å². The first kappa shape index (κ1) is 19.9. The molecule has 0 aliphatic carbocycles. The van der Waals surface area contributed by atoms with Gasteiger partial charge in [0.05, 0.1) is 32.6 Å². The lowest BCUT2D eigenvalue weighted by molar-refractivity contribution is 0.0950. The molecule has 3 aromatic rings. The molecular weight excluding hydrogens is 372 g/mol. The van der Waals surface area contributed by atoms with Gasteiger partial charge in [0.1, 0.15) is 17.2 Å². The molecule has 150 valence electrons. The minimum atomic E-state index is -0.276. The van der Waals surface area contributed by atoms with Crippen molar-refractivity contribution >= 4 is 17.5 Å². The van der Waals surface area contributed by atoms with Crippen LogP contribution >= 0.6 is 0 Å². The number of benzene rings is 2. The van der Waals surface area contributed by atoms with Crippen molar-refractivity contribution in [2.45, 2.75) is 6.54 Å². The Labute approximate surface area is 168 Å². The first-order valence-corrected chi connectivity index (χ1v) is 8.85. The standard InChI is InChI=1S/C21H22N4O4/c1-27-16-8-9-19(29-3)17(10-16)25-21-23-12-15(13-24-21)20(26)22-11-14-6-4-5-7-18(14)28-2/h4-10,12-13H,11H2,1-3H3,(H,22,26)(H,23,24,25). The number of anilines is 2. The average molecular weight is 394 g/mol. The number of aromatic nitrogens is 2. The van der Waals surface area contributed by atoms with E-state index in [1.54, 1.807) is 39.5 Å². The van der Waals surface area contributed by atoms with Crippen molar-refractivity contribution in [1.82, 2.24) is 15.3 Å². The molecule has 1 amide bonds. The third kappa shape index (κ3) is 4.92. The van der Waals surface area contributed by atoms with Crippen molar-refractivity contribution in [3.8, 4) is 17.2 Å². The number of nitrogens with zero attached hydrogens (tertiary/aromatic N) is 2. The molecule has 0 bridgehead atoms. The lowest BCUT2D eigenvalue weighted by atomic mass is 10.2. The summed E-state index contributed by atoms with van der Waals surface area (Å²) in [6, 6.07) is 12.8. The fourth-order valence-electron chi connectivity index (χ4n) is 2.67. The summed E-state index contributed by atoms with van der Waals surface area (Å²) in [5.74, 6) is 2.06.